The van der Waals surface area contributed by atoms with Crippen LogP contribution in [-0.4, -0.2) is 23.8 Å². The molecule has 1 heterocycles. The summed E-state index contributed by atoms with van der Waals surface area (Å²) in [6, 6.07) is 23.1. The van der Waals surface area contributed by atoms with Gasteiger partial charge in [0.15, 0.2) is 11.5 Å². The Hall–Kier alpha value is -3.36. The van der Waals surface area contributed by atoms with Gasteiger partial charge in [-0.05, 0) is 96.0 Å². The maximum absolute atomic E-state index is 12.6. The molecule has 3 aromatic carbocycles. The van der Waals surface area contributed by atoms with Gasteiger partial charge in [-0.1, -0.05) is 28.1 Å². The number of hydrazone groups is 1. The molecule has 0 radical (unpaired) electrons. The molecule has 8 heteroatoms. The van der Waals surface area contributed by atoms with Crippen LogP contribution in [0.5, 0.6) is 11.5 Å². The van der Waals surface area contributed by atoms with Crippen molar-refractivity contribution < 1.29 is 14.3 Å². The van der Waals surface area contributed by atoms with Crippen LogP contribution in [0.25, 0.3) is 5.69 Å². The van der Waals surface area contributed by atoms with Crippen molar-refractivity contribution in [1.82, 2.24) is 9.99 Å². The van der Waals surface area contributed by atoms with Crippen LogP contribution in [0, 0.1) is 13.8 Å². The van der Waals surface area contributed by atoms with Crippen LogP contribution in [0.15, 0.2) is 86.8 Å². The summed E-state index contributed by atoms with van der Waals surface area (Å²) >= 11 is 6.98. The number of amides is 1. The molecule has 1 amide bonds. The number of rotatable bonds is 8. The molecule has 0 saturated heterocycles. The fourth-order valence-corrected chi connectivity index (χ4v) is 4.42. The minimum absolute atomic E-state index is 0.295. The predicted octanol–water partition coefficient (Wildman–Crippen LogP) is 6.97. The van der Waals surface area contributed by atoms with Crippen molar-refractivity contribution in [1.29, 1.82) is 0 Å². The van der Waals surface area contributed by atoms with Gasteiger partial charge < -0.3 is 14.0 Å². The third-order valence-corrected chi connectivity index (χ3v) is 6.83. The molecule has 0 saturated carbocycles. The lowest BCUT2D eigenvalue weighted by Crippen LogP contribution is -2.17. The molecule has 1 N–H and O–H groups in total. The predicted molar refractivity (Wildman–Crippen MR) is 149 cm³/mol. The van der Waals surface area contributed by atoms with Crippen LogP contribution in [0.3, 0.4) is 0 Å². The highest BCUT2D eigenvalue weighted by Crippen LogP contribution is 2.33. The van der Waals surface area contributed by atoms with Crippen molar-refractivity contribution in [3.63, 3.8) is 0 Å². The van der Waals surface area contributed by atoms with Crippen molar-refractivity contribution in [2.75, 3.05) is 7.11 Å². The first-order valence-corrected chi connectivity index (χ1v) is 12.8. The molecule has 0 spiro atoms. The number of hydrogen-bond donors (Lipinski definition) is 1. The van der Waals surface area contributed by atoms with E-state index in [1.165, 1.54) is 0 Å². The number of hydrogen-bond acceptors (Lipinski definition) is 4. The Morgan fingerprint density at radius 2 is 1.61 bits per heavy atom. The summed E-state index contributed by atoms with van der Waals surface area (Å²) in [5, 5.41) is 4.13. The van der Waals surface area contributed by atoms with Crippen molar-refractivity contribution in [3.8, 4) is 17.2 Å². The molecule has 0 aliphatic rings. The molecule has 0 aliphatic heterocycles. The molecule has 0 unspecified atom stereocenters. The van der Waals surface area contributed by atoms with Crippen LogP contribution < -0.4 is 14.9 Å². The van der Waals surface area contributed by atoms with Crippen molar-refractivity contribution >= 4 is 44.0 Å². The average molecular weight is 611 g/mol. The molecular weight excluding hydrogens is 586 g/mol. The molecule has 4 rings (SSSR count). The molecule has 0 aliphatic carbocycles. The molecule has 6 nitrogen and oxygen atoms in total. The zero-order valence-corrected chi connectivity index (χ0v) is 23.3. The van der Waals surface area contributed by atoms with Gasteiger partial charge in [-0.3, -0.25) is 4.79 Å². The van der Waals surface area contributed by atoms with E-state index in [2.05, 4.69) is 72.9 Å². The van der Waals surface area contributed by atoms with Crippen LogP contribution in [-0.2, 0) is 6.61 Å². The number of carbonyl (C=O) groups is 1. The first kappa shape index (κ1) is 25.7. The van der Waals surface area contributed by atoms with Gasteiger partial charge in [0.05, 0.1) is 13.3 Å². The van der Waals surface area contributed by atoms with E-state index in [4.69, 9.17) is 9.47 Å². The Kier molecular flexibility index (Phi) is 8.28. The lowest BCUT2D eigenvalue weighted by Gasteiger charge is -2.13. The van der Waals surface area contributed by atoms with E-state index < -0.39 is 0 Å². The standard InChI is InChI=1S/C28H25Br2N3O3/c1-18-4-5-19(2)33(18)24-12-8-21(9-13-24)28(34)32-31-16-22-14-26(35-3)27(15-25(22)30)36-17-20-6-10-23(29)11-7-20/h4-16H,17H2,1-3H3,(H,32,34)/b31-16-. The van der Waals surface area contributed by atoms with Crippen LogP contribution in [0.2, 0.25) is 0 Å². The summed E-state index contributed by atoms with van der Waals surface area (Å²) in [6.07, 6.45) is 1.56. The van der Waals surface area contributed by atoms with E-state index in [9.17, 15) is 4.79 Å². The first-order valence-electron chi connectivity index (χ1n) is 11.2. The topological polar surface area (TPSA) is 64.8 Å². The van der Waals surface area contributed by atoms with Gasteiger partial charge in [0.1, 0.15) is 6.61 Å². The lowest BCUT2D eigenvalue weighted by molar-refractivity contribution is 0.0955. The fraction of sp³-hybridized carbons (Fsp3) is 0.143. The van der Waals surface area contributed by atoms with Crippen LogP contribution >= 0.6 is 31.9 Å². The minimum atomic E-state index is -0.295. The number of carbonyl (C=O) groups excluding carboxylic acids is 1. The summed E-state index contributed by atoms with van der Waals surface area (Å²) in [5.41, 5.74) is 8.16. The van der Waals surface area contributed by atoms with E-state index in [1.54, 1.807) is 31.5 Å². The van der Waals surface area contributed by atoms with Gasteiger partial charge in [0.25, 0.3) is 5.91 Å². The molecule has 0 atom stereocenters. The molecule has 36 heavy (non-hydrogen) atoms. The Balaban J connectivity index is 1.41. The number of methoxy groups -OCH3 is 1. The highest BCUT2D eigenvalue weighted by Gasteiger charge is 2.11. The van der Waals surface area contributed by atoms with Gasteiger partial charge in [-0.15, -0.1) is 0 Å². The van der Waals surface area contributed by atoms with E-state index in [0.717, 1.165) is 37.1 Å². The maximum Gasteiger partial charge on any atom is 0.271 e. The highest BCUT2D eigenvalue weighted by molar-refractivity contribution is 9.10. The van der Waals surface area contributed by atoms with Gasteiger partial charge >= 0.3 is 0 Å². The minimum Gasteiger partial charge on any atom is -0.493 e. The van der Waals surface area contributed by atoms with E-state index in [0.29, 0.717) is 23.7 Å². The number of aromatic nitrogens is 1. The Morgan fingerprint density at radius 1 is 0.944 bits per heavy atom. The molecule has 184 valence electrons. The number of ether oxygens (including phenoxy) is 2. The highest BCUT2D eigenvalue weighted by atomic mass is 79.9. The average Bonchev–Trinajstić information content (AvgIpc) is 3.22. The SMILES string of the molecule is COc1cc(/C=N\NC(=O)c2ccc(-n3c(C)ccc3C)cc2)c(Br)cc1OCc1ccc(Br)cc1. The van der Waals surface area contributed by atoms with Gasteiger partial charge in [0, 0.05) is 37.1 Å². The second-order valence-electron chi connectivity index (χ2n) is 8.14. The number of nitrogens with zero attached hydrogens (tertiary/aromatic N) is 2. The fourth-order valence-electron chi connectivity index (χ4n) is 3.73. The number of benzene rings is 3. The summed E-state index contributed by atoms with van der Waals surface area (Å²) in [7, 11) is 1.58. The first-order chi connectivity index (χ1) is 17.4. The van der Waals surface area contributed by atoms with Gasteiger partial charge in [-0.25, -0.2) is 5.43 Å². The third-order valence-electron chi connectivity index (χ3n) is 5.62. The monoisotopic (exact) mass is 609 g/mol. The number of halogens is 2. The van der Waals surface area contributed by atoms with E-state index in [1.807, 2.05) is 42.5 Å². The van der Waals surface area contributed by atoms with Gasteiger partial charge in [-0.2, -0.15) is 5.10 Å². The largest absolute Gasteiger partial charge is 0.493 e. The smallest absolute Gasteiger partial charge is 0.271 e. The Bertz CT molecular complexity index is 1380. The van der Waals surface area contributed by atoms with E-state index in [-0.39, 0.29) is 5.91 Å². The summed E-state index contributed by atoms with van der Waals surface area (Å²) < 4.78 is 15.4. The molecule has 1 aromatic heterocycles. The molecule has 0 fully saturated rings. The third kappa shape index (κ3) is 6.06. The lowest BCUT2D eigenvalue weighted by atomic mass is 10.2. The summed E-state index contributed by atoms with van der Waals surface area (Å²) in [5.74, 6) is 0.868. The Morgan fingerprint density at radius 3 is 2.25 bits per heavy atom. The molecule has 4 aromatic rings. The normalized spacial score (nSPS) is 11.0. The van der Waals surface area contributed by atoms with Gasteiger partial charge in [0.2, 0.25) is 0 Å². The van der Waals surface area contributed by atoms with Crippen molar-refractivity contribution in [2.45, 2.75) is 20.5 Å². The summed E-state index contributed by atoms with van der Waals surface area (Å²) in [4.78, 5) is 12.6. The number of aryl methyl sites for hydroxylation is 2. The maximum atomic E-state index is 12.6. The van der Waals surface area contributed by atoms with Crippen molar-refractivity contribution in [2.24, 2.45) is 5.10 Å². The number of nitrogens with one attached hydrogen (secondary N) is 1. The zero-order chi connectivity index (χ0) is 25.7. The quantitative estimate of drug-likeness (QED) is 0.173. The second kappa shape index (κ2) is 11.6. The Labute approximate surface area is 227 Å². The van der Waals surface area contributed by atoms with Crippen LogP contribution in [0.1, 0.15) is 32.9 Å². The molecular formula is C28H25Br2N3O3. The second-order valence-corrected chi connectivity index (χ2v) is 9.91. The van der Waals surface area contributed by atoms with Crippen LogP contribution in [0.4, 0.5) is 0 Å². The van der Waals surface area contributed by atoms with E-state index >= 15 is 0 Å². The zero-order valence-electron chi connectivity index (χ0n) is 20.1. The van der Waals surface area contributed by atoms with Crippen molar-refractivity contribution in [3.05, 3.63) is 110 Å². The summed E-state index contributed by atoms with van der Waals surface area (Å²) in [6.45, 7) is 4.51. The molecule has 0 bridgehead atoms.